The van der Waals surface area contributed by atoms with Crippen molar-refractivity contribution in [3.8, 4) is 17.2 Å². The first kappa shape index (κ1) is 19.4. The Labute approximate surface area is 142 Å². The van der Waals surface area contributed by atoms with Crippen molar-refractivity contribution < 1.29 is 36.2 Å². The Morgan fingerprint density at radius 3 is 2.19 bits per heavy atom. The topological polar surface area (TPSA) is 66.0 Å². The fraction of sp³-hybridized carbons (Fsp3) is 0.250. The van der Waals surface area contributed by atoms with Crippen molar-refractivity contribution in [1.29, 1.82) is 5.26 Å². The fourth-order valence-corrected chi connectivity index (χ4v) is 2.32. The second kappa shape index (κ2) is 6.40. The van der Waals surface area contributed by atoms with Gasteiger partial charge in [0.1, 0.15) is 12.1 Å². The average Bonchev–Trinajstić information content (AvgIpc) is 2.95. The van der Waals surface area contributed by atoms with E-state index < -0.39 is 46.6 Å². The average molecular weight is 376 g/mol. The molecule has 4 nitrogen and oxygen atoms in total. The molecule has 0 aliphatic carbocycles. The molecule has 10 heteroatoms. The molecule has 0 aliphatic heterocycles. The normalized spacial score (nSPS) is 13.3. The van der Waals surface area contributed by atoms with Gasteiger partial charge in [-0.15, -0.1) is 0 Å². The molecule has 26 heavy (non-hydrogen) atoms. The van der Waals surface area contributed by atoms with Crippen molar-refractivity contribution in [2.24, 2.45) is 0 Å². The molecule has 138 valence electrons. The number of hydrogen-bond acceptors (Lipinski definition) is 2. The molecule has 2 aromatic rings. The van der Waals surface area contributed by atoms with Crippen molar-refractivity contribution in [2.45, 2.75) is 25.3 Å². The van der Waals surface area contributed by atoms with E-state index in [2.05, 4.69) is 0 Å². The molecule has 2 rings (SSSR count). The van der Waals surface area contributed by atoms with Gasteiger partial charge in [0.2, 0.25) is 0 Å². The molecule has 1 N–H and O–H groups in total. The zero-order valence-electron chi connectivity index (χ0n) is 13.0. The molecule has 1 aromatic carbocycles. The third-order valence-corrected chi connectivity index (χ3v) is 3.71. The Kier molecular flexibility index (Phi) is 4.77. The number of nitriles is 1. The molecule has 0 saturated carbocycles. The molecule has 0 aliphatic rings. The van der Waals surface area contributed by atoms with E-state index in [0.717, 1.165) is 17.0 Å². The van der Waals surface area contributed by atoms with Gasteiger partial charge < -0.3 is 9.67 Å². The van der Waals surface area contributed by atoms with Gasteiger partial charge in [-0.05, 0) is 30.7 Å². The SMILES string of the molecule is CC(C(=O)O)n1cc(C#N)c(-c2cc(C(F)(F)F)ccc2C(F)(F)F)c1. The maximum Gasteiger partial charge on any atom is 0.417 e. The summed E-state index contributed by atoms with van der Waals surface area (Å²) in [6, 6.07) is 1.25. The van der Waals surface area contributed by atoms with Crippen molar-refractivity contribution >= 4 is 5.97 Å². The summed E-state index contributed by atoms with van der Waals surface area (Å²) in [5, 5.41) is 18.1. The molecular weight excluding hydrogens is 366 g/mol. The van der Waals surface area contributed by atoms with Crippen molar-refractivity contribution in [3.05, 3.63) is 47.3 Å². The first-order chi connectivity index (χ1) is 11.9. The van der Waals surface area contributed by atoms with E-state index in [1.807, 2.05) is 0 Å². The van der Waals surface area contributed by atoms with Crippen molar-refractivity contribution in [3.63, 3.8) is 0 Å². The van der Waals surface area contributed by atoms with Gasteiger partial charge in [-0.25, -0.2) is 4.79 Å². The summed E-state index contributed by atoms with van der Waals surface area (Å²) in [6.07, 6.45) is -7.95. The van der Waals surface area contributed by atoms with Crippen LogP contribution in [0.1, 0.15) is 29.7 Å². The number of benzene rings is 1. The minimum Gasteiger partial charge on any atom is -0.480 e. The van der Waals surface area contributed by atoms with Crippen LogP contribution in [-0.4, -0.2) is 15.6 Å². The maximum atomic E-state index is 13.2. The van der Waals surface area contributed by atoms with Gasteiger partial charge in [-0.2, -0.15) is 31.6 Å². The second-order valence-electron chi connectivity index (χ2n) is 5.41. The van der Waals surface area contributed by atoms with Crippen LogP contribution in [0.15, 0.2) is 30.6 Å². The van der Waals surface area contributed by atoms with Crippen LogP contribution in [0.25, 0.3) is 11.1 Å². The summed E-state index contributed by atoms with van der Waals surface area (Å²) in [6.45, 7) is 1.21. The number of hydrogen-bond donors (Lipinski definition) is 1. The summed E-state index contributed by atoms with van der Waals surface area (Å²) in [5.74, 6) is -1.32. The molecule has 0 radical (unpaired) electrons. The summed E-state index contributed by atoms with van der Waals surface area (Å²) in [7, 11) is 0. The highest BCUT2D eigenvalue weighted by atomic mass is 19.4. The zero-order chi connectivity index (χ0) is 19.9. The third-order valence-electron chi connectivity index (χ3n) is 3.71. The third kappa shape index (κ3) is 3.66. The lowest BCUT2D eigenvalue weighted by molar-refractivity contribution is -0.141. The first-order valence-corrected chi connectivity index (χ1v) is 6.99. The molecule has 0 amide bonds. The number of carboxylic acids is 1. The number of aliphatic carboxylic acids is 1. The van der Waals surface area contributed by atoms with E-state index in [1.54, 1.807) is 6.07 Å². The number of rotatable bonds is 3. The van der Waals surface area contributed by atoms with Crippen molar-refractivity contribution in [2.75, 3.05) is 0 Å². The fourth-order valence-electron chi connectivity index (χ4n) is 2.32. The van der Waals surface area contributed by atoms with Crippen LogP contribution in [-0.2, 0) is 17.1 Å². The van der Waals surface area contributed by atoms with Crippen LogP contribution in [0.3, 0.4) is 0 Å². The largest absolute Gasteiger partial charge is 0.480 e. The molecule has 0 fully saturated rings. The number of aromatic nitrogens is 1. The standard InChI is InChI=1S/C16H10F6N2O2/c1-8(14(25)26)24-6-9(5-23)12(7-24)11-4-10(15(17,18)19)2-3-13(11)16(20,21)22/h2-4,6-8H,1H3,(H,25,26). The van der Waals surface area contributed by atoms with Crippen molar-refractivity contribution in [1.82, 2.24) is 4.57 Å². The van der Waals surface area contributed by atoms with Gasteiger partial charge in [-0.1, -0.05) is 0 Å². The van der Waals surface area contributed by atoms with Crippen LogP contribution in [0.2, 0.25) is 0 Å². The van der Waals surface area contributed by atoms with Gasteiger partial charge in [-0.3, -0.25) is 0 Å². The minimum absolute atomic E-state index is 0.289. The Bertz CT molecular complexity index is 890. The minimum atomic E-state index is -4.97. The number of carbonyl (C=O) groups is 1. The van der Waals surface area contributed by atoms with E-state index in [4.69, 9.17) is 10.4 Å². The number of alkyl halides is 6. The van der Waals surface area contributed by atoms with E-state index in [1.165, 1.54) is 6.92 Å². The lowest BCUT2D eigenvalue weighted by Gasteiger charge is -2.15. The van der Waals surface area contributed by atoms with Crippen LogP contribution in [0.4, 0.5) is 26.3 Å². The van der Waals surface area contributed by atoms with E-state index >= 15 is 0 Å². The highest BCUT2D eigenvalue weighted by Crippen LogP contribution is 2.42. The number of halogens is 6. The Hall–Kier alpha value is -2.96. The lowest BCUT2D eigenvalue weighted by atomic mass is 9.96. The molecular formula is C16H10F6N2O2. The summed E-state index contributed by atoms with van der Waals surface area (Å²) >= 11 is 0. The predicted octanol–water partition coefficient (Wildman–Crippen LogP) is 4.71. The van der Waals surface area contributed by atoms with Gasteiger partial charge >= 0.3 is 18.3 Å². The van der Waals surface area contributed by atoms with Crippen LogP contribution >= 0.6 is 0 Å². The monoisotopic (exact) mass is 376 g/mol. The summed E-state index contributed by atoms with van der Waals surface area (Å²) < 4.78 is 79.3. The van der Waals surface area contributed by atoms with Crippen LogP contribution in [0, 0.1) is 11.3 Å². The van der Waals surface area contributed by atoms with Gasteiger partial charge in [0.05, 0.1) is 16.7 Å². The number of carboxylic acid groups (broad SMARTS) is 1. The molecule has 1 heterocycles. The predicted molar refractivity (Wildman–Crippen MR) is 76.9 cm³/mol. The quantitative estimate of drug-likeness (QED) is 0.789. The van der Waals surface area contributed by atoms with E-state index in [0.29, 0.717) is 12.1 Å². The Balaban J connectivity index is 2.77. The smallest absolute Gasteiger partial charge is 0.417 e. The van der Waals surface area contributed by atoms with E-state index in [-0.39, 0.29) is 11.6 Å². The molecule has 1 atom stereocenters. The van der Waals surface area contributed by atoms with Crippen LogP contribution < -0.4 is 0 Å². The molecule has 0 bridgehead atoms. The maximum absolute atomic E-state index is 13.2. The molecule has 1 aromatic heterocycles. The van der Waals surface area contributed by atoms with Gasteiger partial charge in [0.25, 0.3) is 0 Å². The van der Waals surface area contributed by atoms with E-state index in [9.17, 15) is 31.1 Å². The zero-order valence-corrected chi connectivity index (χ0v) is 13.0. The lowest BCUT2D eigenvalue weighted by Crippen LogP contribution is -2.13. The van der Waals surface area contributed by atoms with Crippen LogP contribution in [0.5, 0.6) is 0 Å². The molecule has 0 saturated heterocycles. The van der Waals surface area contributed by atoms with Gasteiger partial charge in [0.15, 0.2) is 0 Å². The highest BCUT2D eigenvalue weighted by molar-refractivity contribution is 5.76. The Morgan fingerprint density at radius 1 is 1.12 bits per heavy atom. The first-order valence-electron chi connectivity index (χ1n) is 6.99. The number of nitrogens with zero attached hydrogens (tertiary/aromatic N) is 2. The second-order valence-corrected chi connectivity index (χ2v) is 5.41. The van der Waals surface area contributed by atoms with Gasteiger partial charge in [0, 0.05) is 18.0 Å². The molecule has 0 spiro atoms. The Morgan fingerprint density at radius 2 is 1.73 bits per heavy atom. The summed E-state index contributed by atoms with van der Waals surface area (Å²) in [5.41, 5.74) is -4.33. The molecule has 1 unspecified atom stereocenters. The summed E-state index contributed by atoms with van der Waals surface area (Å²) in [4.78, 5) is 11.0. The highest BCUT2D eigenvalue weighted by Gasteiger charge is 2.38.